The molecule has 0 aromatic carbocycles. The van der Waals surface area contributed by atoms with E-state index in [0.717, 1.165) is 51.1 Å². The van der Waals surface area contributed by atoms with E-state index in [1.165, 1.54) is 23.4 Å². The van der Waals surface area contributed by atoms with E-state index in [9.17, 15) is 0 Å². The normalized spacial score (nSPS) is 22.7. The molecular formula is C17H23N5OS. The van der Waals surface area contributed by atoms with Crippen molar-refractivity contribution in [2.45, 2.75) is 25.3 Å². The number of thiazole rings is 1. The SMILES string of the molecule is c1cc(C2CCCN(Cc3cnc(N4CCOCC4)s3)C2)ncn1. The van der Waals surface area contributed by atoms with Gasteiger partial charge in [0, 0.05) is 55.1 Å². The monoisotopic (exact) mass is 345 g/mol. The third-order valence-corrected chi connectivity index (χ3v) is 5.77. The third-order valence-electron chi connectivity index (χ3n) is 4.73. The van der Waals surface area contributed by atoms with E-state index in [2.05, 4.69) is 30.8 Å². The van der Waals surface area contributed by atoms with Crippen molar-refractivity contribution in [2.24, 2.45) is 0 Å². The van der Waals surface area contributed by atoms with E-state index in [0.29, 0.717) is 5.92 Å². The van der Waals surface area contributed by atoms with Crippen LogP contribution in [0.5, 0.6) is 0 Å². The van der Waals surface area contributed by atoms with Gasteiger partial charge in [0.1, 0.15) is 6.33 Å². The average Bonchev–Trinajstić information content (AvgIpc) is 3.12. The summed E-state index contributed by atoms with van der Waals surface area (Å²) in [7, 11) is 0. The Morgan fingerprint density at radius 2 is 2.12 bits per heavy atom. The smallest absolute Gasteiger partial charge is 0.185 e. The molecule has 2 aliphatic heterocycles. The van der Waals surface area contributed by atoms with E-state index in [1.807, 2.05) is 23.7 Å². The van der Waals surface area contributed by atoms with Crippen LogP contribution in [0, 0.1) is 0 Å². The van der Waals surface area contributed by atoms with Crippen LogP contribution in [0.25, 0.3) is 0 Å². The number of nitrogens with zero attached hydrogens (tertiary/aromatic N) is 5. The van der Waals surface area contributed by atoms with Gasteiger partial charge in [-0.25, -0.2) is 15.0 Å². The summed E-state index contributed by atoms with van der Waals surface area (Å²) in [5, 5.41) is 1.14. The first kappa shape index (κ1) is 15.9. The second-order valence-corrected chi connectivity index (χ2v) is 7.51. The van der Waals surface area contributed by atoms with Gasteiger partial charge in [0.2, 0.25) is 0 Å². The van der Waals surface area contributed by atoms with E-state index in [4.69, 9.17) is 4.74 Å². The molecule has 1 atom stereocenters. The van der Waals surface area contributed by atoms with Crippen molar-refractivity contribution in [2.75, 3.05) is 44.3 Å². The molecule has 2 fully saturated rings. The van der Waals surface area contributed by atoms with Crippen LogP contribution in [-0.2, 0) is 11.3 Å². The summed E-state index contributed by atoms with van der Waals surface area (Å²) < 4.78 is 5.42. The van der Waals surface area contributed by atoms with E-state index in [-0.39, 0.29) is 0 Å². The molecule has 2 aliphatic rings. The Bertz CT molecular complexity index is 643. The molecule has 0 amide bonds. The summed E-state index contributed by atoms with van der Waals surface area (Å²) in [5.74, 6) is 0.522. The molecule has 1 unspecified atom stereocenters. The number of rotatable bonds is 4. The second kappa shape index (κ2) is 7.55. The lowest BCUT2D eigenvalue weighted by atomic mass is 9.94. The second-order valence-electron chi connectivity index (χ2n) is 6.42. The van der Waals surface area contributed by atoms with Gasteiger partial charge in [-0.15, -0.1) is 11.3 Å². The van der Waals surface area contributed by atoms with Crippen LogP contribution in [-0.4, -0.2) is 59.2 Å². The maximum absolute atomic E-state index is 5.42. The third kappa shape index (κ3) is 3.74. The maximum atomic E-state index is 5.42. The van der Waals surface area contributed by atoms with E-state index >= 15 is 0 Å². The van der Waals surface area contributed by atoms with Crippen LogP contribution in [0.4, 0.5) is 5.13 Å². The molecule has 0 radical (unpaired) electrons. The van der Waals surface area contributed by atoms with Crippen LogP contribution in [0.2, 0.25) is 0 Å². The minimum Gasteiger partial charge on any atom is -0.378 e. The summed E-state index contributed by atoms with van der Waals surface area (Å²) in [6.45, 7) is 6.74. The minimum absolute atomic E-state index is 0.522. The molecule has 2 aromatic rings. The molecule has 4 rings (SSSR count). The van der Waals surface area contributed by atoms with Gasteiger partial charge in [-0.05, 0) is 25.5 Å². The Balaban J connectivity index is 1.37. The molecule has 0 spiro atoms. The molecule has 0 saturated carbocycles. The highest BCUT2D eigenvalue weighted by Crippen LogP contribution is 2.29. The zero-order chi connectivity index (χ0) is 16.2. The summed E-state index contributed by atoms with van der Waals surface area (Å²) in [5.41, 5.74) is 1.17. The molecule has 4 heterocycles. The Hall–Kier alpha value is -1.57. The number of aromatic nitrogens is 3. The maximum Gasteiger partial charge on any atom is 0.185 e. The fraction of sp³-hybridized carbons (Fsp3) is 0.588. The summed E-state index contributed by atoms with van der Waals surface area (Å²) in [4.78, 5) is 19.3. The van der Waals surface area contributed by atoms with Crippen molar-refractivity contribution >= 4 is 16.5 Å². The Labute approximate surface area is 146 Å². The molecule has 2 aromatic heterocycles. The molecule has 128 valence electrons. The quantitative estimate of drug-likeness (QED) is 0.846. The highest BCUT2D eigenvalue weighted by molar-refractivity contribution is 7.15. The fourth-order valence-corrected chi connectivity index (χ4v) is 4.48. The van der Waals surface area contributed by atoms with Gasteiger partial charge in [0.15, 0.2) is 5.13 Å². The zero-order valence-electron chi connectivity index (χ0n) is 13.8. The number of morpholine rings is 1. The number of piperidine rings is 1. The Kier molecular flexibility index (Phi) is 5.01. The van der Waals surface area contributed by atoms with E-state index in [1.54, 1.807) is 6.33 Å². The number of ether oxygens (including phenoxy) is 1. The lowest BCUT2D eigenvalue weighted by Gasteiger charge is -2.32. The van der Waals surface area contributed by atoms with Crippen LogP contribution in [0.3, 0.4) is 0 Å². The molecule has 0 aliphatic carbocycles. The van der Waals surface area contributed by atoms with Gasteiger partial charge in [-0.3, -0.25) is 4.90 Å². The van der Waals surface area contributed by atoms with Crippen LogP contribution in [0.15, 0.2) is 24.8 Å². The number of likely N-dealkylation sites (tertiary alicyclic amines) is 1. The fourth-order valence-electron chi connectivity index (χ4n) is 3.47. The van der Waals surface area contributed by atoms with Crippen molar-refractivity contribution in [3.05, 3.63) is 35.4 Å². The predicted molar refractivity (Wildman–Crippen MR) is 94.4 cm³/mol. The molecular weight excluding hydrogens is 322 g/mol. The first-order chi connectivity index (χ1) is 11.9. The summed E-state index contributed by atoms with van der Waals surface area (Å²) >= 11 is 1.82. The average molecular weight is 345 g/mol. The van der Waals surface area contributed by atoms with Gasteiger partial charge in [-0.1, -0.05) is 0 Å². The lowest BCUT2D eigenvalue weighted by Crippen LogP contribution is -2.36. The molecule has 24 heavy (non-hydrogen) atoms. The Morgan fingerprint density at radius 1 is 1.21 bits per heavy atom. The minimum atomic E-state index is 0.522. The highest BCUT2D eigenvalue weighted by atomic mass is 32.1. The van der Waals surface area contributed by atoms with Gasteiger partial charge in [0.05, 0.1) is 13.2 Å². The van der Waals surface area contributed by atoms with Crippen molar-refractivity contribution in [1.82, 2.24) is 19.9 Å². The lowest BCUT2D eigenvalue weighted by molar-refractivity contribution is 0.122. The first-order valence-corrected chi connectivity index (χ1v) is 9.46. The molecule has 2 saturated heterocycles. The van der Waals surface area contributed by atoms with Crippen LogP contribution < -0.4 is 4.90 Å². The largest absolute Gasteiger partial charge is 0.378 e. The molecule has 6 nitrogen and oxygen atoms in total. The number of hydrogen-bond donors (Lipinski definition) is 0. The van der Waals surface area contributed by atoms with E-state index < -0.39 is 0 Å². The van der Waals surface area contributed by atoms with Crippen LogP contribution in [0.1, 0.15) is 29.3 Å². The van der Waals surface area contributed by atoms with Crippen molar-refractivity contribution in [1.29, 1.82) is 0 Å². The predicted octanol–water partition coefficient (Wildman–Crippen LogP) is 2.15. The zero-order valence-corrected chi connectivity index (χ0v) is 14.6. The van der Waals surface area contributed by atoms with Gasteiger partial charge in [-0.2, -0.15) is 0 Å². The summed E-state index contributed by atoms with van der Waals surface area (Å²) in [6, 6.07) is 2.05. The number of anilines is 1. The van der Waals surface area contributed by atoms with Crippen molar-refractivity contribution in [3.63, 3.8) is 0 Å². The van der Waals surface area contributed by atoms with Gasteiger partial charge < -0.3 is 9.64 Å². The first-order valence-electron chi connectivity index (χ1n) is 8.64. The van der Waals surface area contributed by atoms with Crippen molar-refractivity contribution < 1.29 is 4.74 Å². The van der Waals surface area contributed by atoms with Gasteiger partial charge in [0.25, 0.3) is 0 Å². The summed E-state index contributed by atoms with van der Waals surface area (Å²) in [6.07, 6.45) is 7.99. The standard InChI is InChI=1S/C17H23N5OS/c1-2-14(16-3-4-18-13-20-16)11-21(5-1)12-15-10-19-17(24-15)22-6-8-23-9-7-22/h3-4,10,13-14H,1-2,5-9,11-12H2. The number of hydrogen-bond acceptors (Lipinski definition) is 7. The van der Waals surface area contributed by atoms with Gasteiger partial charge >= 0.3 is 0 Å². The molecule has 0 N–H and O–H groups in total. The van der Waals surface area contributed by atoms with Crippen molar-refractivity contribution in [3.8, 4) is 0 Å². The Morgan fingerprint density at radius 3 is 2.96 bits per heavy atom. The molecule has 7 heteroatoms. The molecule has 0 bridgehead atoms. The highest BCUT2D eigenvalue weighted by Gasteiger charge is 2.23. The van der Waals surface area contributed by atoms with Crippen LogP contribution >= 0.6 is 11.3 Å². The topological polar surface area (TPSA) is 54.4 Å².